The van der Waals surface area contributed by atoms with Gasteiger partial charge >= 0.3 is 5.97 Å². The summed E-state index contributed by atoms with van der Waals surface area (Å²) in [4.78, 5) is 31.9. The number of hydrogen-bond donors (Lipinski definition) is 0. The first-order valence-corrected chi connectivity index (χ1v) is 12.6. The maximum atomic E-state index is 13.5. The van der Waals surface area contributed by atoms with Crippen molar-refractivity contribution >= 4 is 28.5 Å². The van der Waals surface area contributed by atoms with Crippen molar-refractivity contribution in [1.82, 2.24) is 4.98 Å². The SMILES string of the molecule is COC(=O)c1ccc2c(N(Cc3ccc(-c4ccc(OC)c(C)c4)cc3)C(=O)CC3COC3)nccc2c1. The first-order chi connectivity index (χ1) is 18.5. The van der Waals surface area contributed by atoms with Gasteiger partial charge in [0, 0.05) is 23.9 Å². The van der Waals surface area contributed by atoms with E-state index >= 15 is 0 Å². The highest BCUT2D eigenvalue weighted by molar-refractivity contribution is 6.04. The molecule has 1 aliphatic rings. The third kappa shape index (κ3) is 5.24. The van der Waals surface area contributed by atoms with Crippen LogP contribution in [0.1, 0.15) is 27.9 Å². The highest BCUT2D eigenvalue weighted by atomic mass is 16.5. The molecule has 0 aliphatic carbocycles. The Balaban J connectivity index is 1.46. The number of amides is 1. The number of ether oxygens (including phenoxy) is 3. The van der Waals surface area contributed by atoms with Gasteiger partial charge in [0.2, 0.25) is 5.91 Å². The maximum Gasteiger partial charge on any atom is 0.337 e. The fourth-order valence-electron chi connectivity index (χ4n) is 4.71. The lowest BCUT2D eigenvalue weighted by atomic mass is 10.0. The van der Waals surface area contributed by atoms with Crippen LogP contribution in [0.3, 0.4) is 0 Å². The molecule has 0 saturated carbocycles. The number of nitrogens with zero attached hydrogens (tertiary/aromatic N) is 2. The number of pyridine rings is 1. The van der Waals surface area contributed by atoms with Gasteiger partial charge in [-0.15, -0.1) is 0 Å². The van der Waals surface area contributed by atoms with Crippen LogP contribution in [0.4, 0.5) is 5.82 Å². The Hall–Kier alpha value is -4.23. The molecule has 0 unspecified atom stereocenters. The van der Waals surface area contributed by atoms with E-state index in [0.29, 0.717) is 37.6 Å². The van der Waals surface area contributed by atoms with Crippen LogP contribution in [0.25, 0.3) is 21.9 Å². The topological polar surface area (TPSA) is 78.0 Å². The van der Waals surface area contributed by atoms with Crippen molar-refractivity contribution in [3.8, 4) is 16.9 Å². The minimum absolute atomic E-state index is 0.00907. The van der Waals surface area contributed by atoms with E-state index in [1.54, 1.807) is 30.3 Å². The lowest BCUT2D eigenvalue weighted by Gasteiger charge is -2.29. The molecule has 1 fully saturated rings. The van der Waals surface area contributed by atoms with E-state index in [1.807, 2.05) is 43.3 Å². The van der Waals surface area contributed by atoms with Crippen molar-refractivity contribution in [3.63, 3.8) is 0 Å². The number of methoxy groups -OCH3 is 2. The van der Waals surface area contributed by atoms with Gasteiger partial charge in [0.05, 0.1) is 39.5 Å². The van der Waals surface area contributed by atoms with Crippen LogP contribution in [0.15, 0.2) is 72.9 Å². The molecule has 0 spiro atoms. The van der Waals surface area contributed by atoms with E-state index in [4.69, 9.17) is 14.2 Å². The highest BCUT2D eigenvalue weighted by Crippen LogP contribution is 2.30. The number of aromatic nitrogens is 1. The van der Waals surface area contributed by atoms with Gasteiger partial charge < -0.3 is 14.2 Å². The smallest absolute Gasteiger partial charge is 0.337 e. The number of fused-ring (bicyclic) bond motifs is 1. The number of benzene rings is 3. The predicted octanol–water partition coefficient (Wildman–Crippen LogP) is 5.58. The van der Waals surface area contributed by atoms with Crippen molar-refractivity contribution in [2.24, 2.45) is 5.92 Å². The van der Waals surface area contributed by atoms with E-state index in [0.717, 1.165) is 38.8 Å². The van der Waals surface area contributed by atoms with E-state index < -0.39 is 5.97 Å². The number of anilines is 1. The molecule has 5 rings (SSSR count). The number of aryl methyl sites for hydroxylation is 1. The second-order valence-corrected chi connectivity index (χ2v) is 9.53. The first-order valence-electron chi connectivity index (χ1n) is 12.6. The van der Waals surface area contributed by atoms with Crippen LogP contribution in [-0.4, -0.2) is 44.3 Å². The third-order valence-electron chi connectivity index (χ3n) is 6.91. The Morgan fingerprint density at radius 2 is 1.74 bits per heavy atom. The summed E-state index contributed by atoms with van der Waals surface area (Å²) in [7, 11) is 3.03. The molecule has 4 aromatic rings. The summed E-state index contributed by atoms with van der Waals surface area (Å²) in [5.41, 5.74) is 4.70. The van der Waals surface area contributed by atoms with Gasteiger partial charge in [-0.25, -0.2) is 9.78 Å². The zero-order valence-electron chi connectivity index (χ0n) is 21.8. The fourth-order valence-corrected chi connectivity index (χ4v) is 4.71. The van der Waals surface area contributed by atoms with Gasteiger partial charge in [-0.3, -0.25) is 9.69 Å². The molecule has 0 radical (unpaired) electrons. The van der Waals surface area contributed by atoms with E-state index in [-0.39, 0.29) is 11.8 Å². The van der Waals surface area contributed by atoms with E-state index in [9.17, 15) is 9.59 Å². The van der Waals surface area contributed by atoms with Crippen LogP contribution in [0.5, 0.6) is 5.75 Å². The molecule has 0 atom stereocenters. The Morgan fingerprint density at radius 1 is 0.974 bits per heavy atom. The molecular formula is C31H30N2O5. The highest BCUT2D eigenvalue weighted by Gasteiger charge is 2.27. The fraction of sp³-hybridized carbons (Fsp3) is 0.258. The number of rotatable bonds is 8. The summed E-state index contributed by atoms with van der Waals surface area (Å²) in [5, 5.41) is 1.61. The van der Waals surface area contributed by atoms with Gasteiger partial charge in [-0.2, -0.15) is 0 Å². The van der Waals surface area contributed by atoms with E-state index in [2.05, 4.69) is 23.2 Å². The second-order valence-electron chi connectivity index (χ2n) is 9.53. The molecule has 7 heteroatoms. The van der Waals surface area contributed by atoms with Gasteiger partial charge in [-0.1, -0.05) is 30.3 Å². The second kappa shape index (κ2) is 11.0. The van der Waals surface area contributed by atoms with Crippen molar-refractivity contribution < 1.29 is 23.8 Å². The third-order valence-corrected chi connectivity index (χ3v) is 6.91. The summed E-state index contributed by atoms with van der Waals surface area (Å²) < 4.78 is 15.5. The molecule has 2 heterocycles. The van der Waals surface area contributed by atoms with Crippen LogP contribution in [0.2, 0.25) is 0 Å². The van der Waals surface area contributed by atoms with Crippen LogP contribution < -0.4 is 9.64 Å². The summed E-state index contributed by atoms with van der Waals surface area (Å²) in [6.07, 6.45) is 2.06. The number of esters is 1. The predicted molar refractivity (Wildman–Crippen MR) is 146 cm³/mol. The first kappa shape index (κ1) is 25.4. The molecule has 1 aliphatic heterocycles. The van der Waals surface area contributed by atoms with Crippen LogP contribution in [0, 0.1) is 12.8 Å². The minimum atomic E-state index is -0.407. The molecule has 7 nitrogen and oxygen atoms in total. The average molecular weight is 511 g/mol. The number of hydrogen-bond acceptors (Lipinski definition) is 6. The summed E-state index contributed by atoms with van der Waals surface area (Å²) in [5.74, 6) is 1.23. The van der Waals surface area contributed by atoms with Crippen molar-refractivity contribution in [2.45, 2.75) is 19.9 Å². The monoisotopic (exact) mass is 510 g/mol. The lowest BCUT2D eigenvalue weighted by molar-refractivity contribution is -0.124. The molecule has 3 aromatic carbocycles. The molecule has 0 N–H and O–H groups in total. The average Bonchev–Trinajstić information content (AvgIpc) is 2.92. The maximum absolute atomic E-state index is 13.5. The molecule has 0 bridgehead atoms. The number of carbonyl (C=O) groups excluding carboxylic acids is 2. The summed E-state index contributed by atoms with van der Waals surface area (Å²) in [6.45, 7) is 3.60. The Bertz CT molecular complexity index is 1480. The molecule has 1 amide bonds. The number of carbonyl (C=O) groups is 2. The zero-order chi connectivity index (χ0) is 26.6. The standard InChI is InChI=1S/C31H30N2O5/c1-20-14-24(9-11-28(20)36-2)23-6-4-21(5-7-23)17-33(29(34)15-22-18-38-19-22)30-27-10-8-26(31(35)37-3)16-25(27)12-13-32-30/h4-14,16,22H,15,17-19H2,1-3H3. The zero-order valence-corrected chi connectivity index (χ0v) is 21.8. The molecule has 1 aromatic heterocycles. The lowest BCUT2D eigenvalue weighted by Crippen LogP contribution is -2.37. The molecular weight excluding hydrogens is 480 g/mol. The van der Waals surface area contributed by atoms with Gasteiger partial charge in [-0.05, 0) is 71.0 Å². The van der Waals surface area contributed by atoms with Crippen LogP contribution in [-0.2, 0) is 20.8 Å². The summed E-state index contributed by atoms with van der Waals surface area (Å²) >= 11 is 0. The Kier molecular flexibility index (Phi) is 7.38. The summed E-state index contributed by atoms with van der Waals surface area (Å²) in [6, 6.07) is 21.5. The van der Waals surface area contributed by atoms with E-state index in [1.165, 1.54) is 7.11 Å². The van der Waals surface area contributed by atoms with Crippen molar-refractivity contribution in [3.05, 3.63) is 89.6 Å². The molecule has 1 saturated heterocycles. The normalized spacial score (nSPS) is 13.1. The van der Waals surface area contributed by atoms with Crippen molar-refractivity contribution in [1.29, 1.82) is 0 Å². The Labute approximate surface area is 222 Å². The molecule has 194 valence electrons. The van der Waals surface area contributed by atoms with Crippen molar-refractivity contribution in [2.75, 3.05) is 32.3 Å². The minimum Gasteiger partial charge on any atom is -0.496 e. The van der Waals surface area contributed by atoms with Gasteiger partial charge in [0.15, 0.2) is 0 Å². The largest absolute Gasteiger partial charge is 0.496 e. The van der Waals surface area contributed by atoms with Gasteiger partial charge in [0.25, 0.3) is 0 Å². The van der Waals surface area contributed by atoms with Crippen LogP contribution >= 0.6 is 0 Å². The quantitative estimate of drug-likeness (QED) is 0.288. The molecule has 38 heavy (non-hydrogen) atoms. The van der Waals surface area contributed by atoms with Gasteiger partial charge in [0.1, 0.15) is 11.6 Å². The Morgan fingerprint density at radius 3 is 2.39 bits per heavy atom.